The van der Waals surface area contributed by atoms with Gasteiger partial charge in [0.2, 0.25) is 5.91 Å². The summed E-state index contributed by atoms with van der Waals surface area (Å²) in [5.41, 5.74) is 0.876. The van der Waals surface area contributed by atoms with Crippen LogP contribution in [0.3, 0.4) is 0 Å². The Morgan fingerprint density at radius 2 is 2.06 bits per heavy atom. The summed E-state index contributed by atoms with van der Waals surface area (Å²) in [6.45, 7) is 7.25. The highest BCUT2D eigenvalue weighted by molar-refractivity contribution is 6.35. The molecule has 1 aliphatic carbocycles. The van der Waals surface area contributed by atoms with Crippen molar-refractivity contribution in [2.45, 2.75) is 33.1 Å². The van der Waals surface area contributed by atoms with Gasteiger partial charge in [0.1, 0.15) is 0 Å². The lowest BCUT2D eigenvalue weighted by molar-refractivity contribution is -0.121. The average Bonchev–Trinajstić information content (AvgIpc) is 3.12. The van der Waals surface area contributed by atoms with E-state index in [-0.39, 0.29) is 17.6 Å². The Morgan fingerprint density at radius 1 is 1.44 bits per heavy atom. The predicted octanol–water partition coefficient (Wildman–Crippen LogP) is 3.07. The van der Waals surface area contributed by atoms with E-state index in [2.05, 4.69) is 11.9 Å². The van der Waals surface area contributed by atoms with Crippen LogP contribution in [0.5, 0.6) is 0 Å². The van der Waals surface area contributed by atoms with Crippen molar-refractivity contribution in [1.29, 1.82) is 0 Å². The zero-order valence-electron chi connectivity index (χ0n) is 10.8. The first kappa shape index (κ1) is 14.7. The van der Waals surface area contributed by atoms with Gasteiger partial charge < -0.3 is 5.32 Å². The molecule has 1 amide bonds. The zero-order chi connectivity index (χ0) is 13.7. The summed E-state index contributed by atoms with van der Waals surface area (Å²) in [6, 6.07) is 0. The minimum Gasteiger partial charge on any atom is -0.326 e. The average molecular weight is 268 g/mol. The maximum absolute atomic E-state index is 11.6. The number of Topliss-reactive ketones (excluding diaryl/α,β-unsaturated/α-hetero) is 1. The van der Waals surface area contributed by atoms with Crippen molar-refractivity contribution in [2.24, 2.45) is 5.92 Å². The summed E-state index contributed by atoms with van der Waals surface area (Å²) in [7, 11) is 0. The quantitative estimate of drug-likeness (QED) is 0.594. The molecule has 3 nitrogen and oxygen atoms in total. The lowest BCUT2D eigenvalue weighted by Crippen LogP contribution is -2.22. The topological polar surface area (TPSA) is 46.2 Å². The molecule has 1 saturated carbocycles. The van der Waals surface area contributed by atoms with Crippen LogP contribution in [0, 0.1) is 5.92 Å². The number of hydrogen-bond acceptors (Lipinski definition) is 2. The molecule has 4 heteroatoms. The van der Waals surface area contributed by atoms with Gasteiger partial charge in [0.25, 0.3) is 0 Å². The number of allylic oxidation sites excluding steroid dienone is 4. The fraction of sp³-hybridized carbons (Fsp3) is 0.429. The van der Waals surface area contributed by atoms with Crippen molar-refractivity contribution >= 4 is 23.3 Å². The molecule has 0 atom stereocenters. The molecule has 1 aliphatic rings. The molecule has 0 bridgehead atoms. The van der Waals surface area contributed by atoms with Gasteiger partial charge in [-0.15, -0.1) is 0 Å². The van der Waals surface area contributed by atoms with Crippen molar-refractivity contribution in [3.8, 4) is 0 Å². The van der Waals surface area contributed by atoms with Gasteiger partial charge in [-0.3, -0.25) is 9.59 Å². The van der Waals surface area contributed by atoms with Crippen LogP contribution in [-0.4, -0.2) is 11.7 Å². The number of rotatable bonds is 6. The van der Waals surface area contributed by atoms with E-state index in [1.807, 2.05) is 0 Å². The van der Waals surface area contributed by atoms with E-state index in [4.69, 9.17) is 11.6 Å². The minimum atomic E-state index is -0.0277. The van der Waals surface area contributed by atoms with Gasteiger partial charge in [0.05, 0.1) is 5.03 Å². The summed E-state index contributed by atoms with van der Waals surface area (Å²) < 4.78 is 0. The van der Waals surface area contributed by atoms with Crippen LogP contribution in [0.4, 0.5) is 0 Å². The van der Waals surface area contributed by atoms with Gasteiger partial charge in [0, 0.05) is 23.6 Å². The summed E-state index contributed by atoms with van der Waals surface area (Å²) in [4.78, 5) is 23.1. The van der Waals surface area contributed by atoms with E-state index in [9.17, 15) is 9.59 Å². The smallest absolute Gasteiger partial charge is 0.227 e. The van der Waals surface area contributed by atoms with Crippen LogP contribution >= 0.6 is 11.6 Å². The van der Waals surface area contributed by atoms with Crippen LogP contribution in [-0.2, 0) is 9.59 Å². The third-order valence-corrected chi connectivity index (χ3v) is 3.01. The number of ketones is 1. The van der Waals surface area contributed by atoms with Gasteiger partial charge in [-0.25, -0.2) is 0 Å². The molecule has 0 aromatic heterocycles. The first-order valence-electron chi connectivity index (χ1n) is 6.06. The Bertz CT molecular complexity index is 431. The van der Waals surface area contributed by atoms with E-state index in [1.54, 1.807) is 19.9 Å². The summed E-state index contributed by atoms with van der Waals surface area (Å²) in [5.74, 6) is 0.0667. The minimum absolute atomic E-state index is 0.0236. The van der Waals surface area contributed by atoms with Crippen LogP contribution < -0.4 is 5.32 Å². The highest BCUT2D eigenvalue weighted by atomic mass is 35.5. The van der Waals surface area contributed by atoms with Crippen molar-refractivity contribution in [2.75, 3.05) is 0 Å². The highest BCUT2D eigenvalue weighted by Crippen LogP contribution is 2.29. The number of amides is 1. The predicted molar refractivity (Wildman–Crippen MR) is 73.0 cm³/mol. The summed E-state index contributed by atoms with van der Waals surface area (Å²) in [5, 5.41) is 2.99. The van der Waals surface area contributed by atoms with Crippen LogP contribution in [0.25, 0.3) is 0 Å². The molecular weight excluding hydrogens is 250 g/mol. The standard InChI is InChI=1S/C14H18ClNO2/c1-4-11(13(17)5-2)12(15)8-9(3)16-14(18)10-6-7-10/h4,8,10H,3,5-7H2,1-2H3,(H,16,18)/b11-4+,12-8+. The number of carbonyl (C=O) groups excluding carboxylic acids is 2. The third-order valence-electron chi connectivity index (χ3n) is 2.70. The first-order chi connectivity index (χ1) is 8.49. The molecule has 0 aromatic rings. The molecule has 0 heterocycles. The normalized spacial score (nSPS) is 16.4. The molecular formula is C14H18ClNO2. The summed E-state index contributed by atoms with van der Waals surface area (Å²) >= 11 is 6.05. The second kappa shape index (κ2) is 6.55. The Hall–Kier alpha value is -1.35. The van der Waals surface area contributed by atoms with E-state index < -0.39 is 0 Å². The van der Waals surface area contributed by atoms with Crippen molar-refractivity contribution < 1.29 is 9.59 Å². The molecule has 0 radical (unpaired) electrons. The lowest BCUT2D eigenvalue weighted by atomic mass is 10.1. The second-order valence-electron chi connectivity index (χ2n) is 4.26. The van der Waals surface area contributed by atoms with Gasteiger partial charge in [0.15, 0.2) is 5.78 Å². The Kier molecular flexibility index (Phi) is 5.35. The van der Waals surface area contributed by atoms with E-state index in [1.165, 1.54) is 6.08 Å². The van der Waals surface area contributed by atoms with Crippen molar-refractivity contribution in [1.82, 2.24) is 5.32 Å². The van der Waals surface area contributed by atoms with Crippen LogP contribution in [0.2, 0.25) is 0 Å². The SMILES string of the molecule is C=C(/C=C(Cl)\C(=C/C)C(=O)CC)NC(=O)C1CC1. The number of hydrogen-bond donors (Lipinski definition) is 1. The molecule has 0 aliphatic heterocycles. The van der Waals surface area contributed by atoms with Crippen molar-refractivity contribution in [3.63, 3.8) is 0 Å². The maximum Gasteiger partial charge on any atom is 0.227 e. The van der Waals surface area contributed by atoms with Gasteiger partial charge >= 0.3 is 0 Å². The Morgan fingerprint density at radius 3 is 2.50 bits per heavy atom. The van der Waals surface area contributed by atoms with E-state index in [0.29, 0.717) is 22.7 Å². The number of carbonyl (C=O) groups is 2. The van der Waals surface area contributed by atoms with Gasteiger partial charge in [-0.2, -0.15) is 0 Å². The molecule has 1 N–H and O–H groups in total. The van der Waals surface area contributed by atoms with Gasteiger partial charge in [-0.1, -0.05) is 31.2 Å². The maximum atomic E-state index is 11.6. The molecule has 18 heavy (non-hydrogen) atoms. The van der Waals surface area contributed by atoms with Gasteiger partial charge in [-0.05, 0) is 25.8 Å². The second-order valence-corrected chi connectivity index (χ2v) is 4.67. The summed E-state index contributed by atoms with van der Waals surface area (Å²) in [6.07, 6.45) is 5.45. The van der Waals surface area contributed by atoms with E-state index >= 15 is 0 Å². The molecule has 0 aromatic carbocycles. The fourth-order valence-corrected chi connectivity index (χ4v) is 1.84. The number of nitrogens with one attached hydrogen (secondary N) is 1. The van der Waals surface area contributed by atoms with E-state index in [0.717, 1.165) is 12.8 Å². The fourth-order valence-electron chi connectivity index (χ4n) is 1.50. The monoisotopic (exact) mass is 267 g/mol. The molecule has 98 valence electrons. The highest BCUT2D eigenvalue weighted by Gasteiger charge is 2.29. The first-order valence-corrected chi connectivity index (χ1v) is 6.44. The van der Waals surface area contributed by atoms with Crippen molar-refractivity contribution in [3.05, 3.63) is 35.0 Å². The van der Waals surface area contributed by atoms with Crippen LogP contribution in [0.15, 0.2) is 35.0 Å². The zero-order valence-corrected chi connectivity index (χ0v) is 11.5. The molecule has 1 rings (SSSR count). The Balaban J connectivity index is 2.65. The molecule has 0 unspecified atom stereocenters. The number of halogens is 1. The molecule has 1 fully saturated rings. The Labute approximate surface area is 113 Å². The van der Waals surface area contributed by atoms with Crippen LogP contribution in [0.1, 0.15) is 33.1 Å². The lowest BCUT2D eigenvalue weighted by Gasteiger charge is -2.06. The molecule has 0 spiro atoms. The third kappa shape index (κ3) is 4.15. The largest absolute Gasteiger partial charge is 0.326 e. The molecule has 0 saturated heterocycles.